The summed E-state index contributed by atoms with van der Waals surface area (Å²) in [5, 5.41) is 0.567. The summed E-state index contributed by atoms with van der Waals surface area (Å²) in [6.45, 7) is 1.76. The molecule has 0 radical (unpaired) electrons. The van der Waals surface area contributed by atoms with Gasteiger partial charge in [0.2, 0.25) is 0 Å². The molecule has 0 N–H and O–H groups in total. The van der Waals surface area contributed by atoms with Gasteiger partial charge in [0.1, 0.15) is 0 Å². The van der Waals surface area contributed by atoms with Crippen molar-refractivity contribution in [3.8, 4) is 0 Å². The molecule has 2 nitrogen and oxygen atoms in total. The average molecular weight is 278 g/mol. The lowest BCUT2D eigenvalue weighted by Crippen LogP contribution is -2.11. The fraction of sp³-hybridized carbons (Fsp3) is 0.300. The molecule has 0 aromatic heterocycles. The van der Waals surface area contributed by atoms with Crippen LogP contribution in [0.2, 0.25) is 5.02 Å². The van der Waals surface area contributed by atoms with Gasteiger partial charge in [-0.15, -0.1) is 0 Å². The summed E-state index contributed by atoms with van der Waals surface area (Å²) in [6.07, 6.45) is 0. The molecular weight excluding hydrogens is 267 g/mol. The predicted octanol–water partition coefficient (Wildman–Crippen LogP) is 3.38. The molecule has 0 amide bonds. The first-order valence-corrected chi connectivity index (χ1v) is 5.26. The van der Waals surface area contributed by atoms with Crippen LogP contribution in [0.3, 0.4) is 0 Å². The van der Waals surface area contributed by atoms with Crippen LogP contribution in [-0.4, -0.2) is 13.1 Å². The number of benzene rings is 1. The Balaban J connectivity index is 3.11. The number of ether oxygens (including phenoxy) is 1. The molecule has 1 aromatic carbocycles. The van der Waals surface area contributed by atoms with Crippen LogP contribution in [0.5, 0.6) is 0 Å². The highest BCUT2D eigenvalue weighted by molar-refractivity contribution is 9.10. The number of carbonyl (C=O) groups is 1. The van der Waals surface area contributed by atoms with Crippen molar-refractivity contribution in [2.24, 2.45) is 0 Å². The van der Waals surface area contributed by atoms with E-state index in [1.807, 2.05) is 12.1 Å². The summed E-state index contributed by atoms with van der Waals surface area (Å²) in [5.74, 6) is -0.651. The standard InChI is InChI=1S/C10H10BrClO2/c1-6(10(13)14-2)9-7(11)4-3-5-8(9)12/h3-6H,1-2H3. The van der Waals surface area contributed by atoms with E-state index in [9.17, 15) is 4.79 Å². The lowest BCUT2D eigenvalue weighted by atomic mass is 10.0. The molecule has 0 saturated heterocycles. The molecule has 0 aliphatic rings. The lowest BCUT2D eigenvalue weighted by molar-refractivity contribution is -0.142. The van der Waals surface area contributed by atoms with Gasteiger partial charge in [-0.1, -0.05) is 33.6 Å². The Morgan fingerprint density at radius 1 is 1.57 bits per heavy atom. The number of carbonyl (C=O) groups excluding carboxylic acids is 1. The number of esters is 1. The molecule has 14 heavy (non-hydrogen) atoms. The number of hydrogen-bond acceptors (Lipinski definition) is 2. The maximum atomic E-state index is 11.3. The fourth-order valence-corrected chi connectivity index (χ4v) is 2.38. The van der Waals surface area contributed by atoms with E-state index in [0.29, 0.717) is 5.02 Å². The Hall–Kier alpha value is -0.540. The topological polar surface area (TPSA) is 26.3 Å². The Bertz CT molecular complexity index is 332. The van der Waals surface area contributed by atoms with Gasteiger partial charge in [0.05, 0.1) is 13.0 Å². The van der Waals surface area contributed by atoms with Crippen molar-refractivity contribution >= 4 is 33.5 Å². The van der Waals surface area contributed by atoms with Crippen LogP contribution in [0.4, 0.5) is 0 Å². The van der Waals surface area contributed by atoms with Crippen LogP contribution in [0.1, 0.15) is 18.4 Å². The van der Waals surface area contributed by atoms with E-state index in [-0.39, 0.29) is 11.9 Å². The van der Waals surface area contributed by atoms with E-state index in [4.69, 9.17) is 11.6 Å². The van der Waals surface area contributed by atoms with Crippen molar-refractivity contribution in [2.45, 2.75) is 12.8 Å². The highest BCUT2D eigenvalue weighted by atomic mass is 79.9. The molecule has 0 bridgehead atoms. The molecule has 76 valence electrons. The summed E-state index contributed by atoms with van der Waals surface area (Å²) >= 11 is 9.34. The maximum absolute atomic E-state index is 11.3. The third-order valence-corrected chi connectivity index (χ3v) is 3.01. The van der Waals surface area contributed by atoms with Crippen LogP contribution in [-0.2, 0) is 9.53 Å². The van der Waals surface area contributed by atoms with Crippen molar-refractivity contribution in [1.82, 2.24) is 0 Å². The largest absolute Gasteiger partial charge is 0.469 e. The van der Waals surface area contributed by atoms with Crippen molar-refractivity contribution in [2.75, 3.05) is 7.11 Å². The molecule has 0 heterocycles. The van der Waals surface area contributed by atoms with E-state index < -0.39 is 0 Å². The van der Waals surface area contributed by atoms with Crippen LogP contribution in [0, 0.1) is 0 Å². The summed E-state index contributed by atoms with van der Waals surface area (Å²) in [5.41, 5.74) is 0.765. The molecule has 1 unspecified atom stereocenters. The molecule has 0 aliphatic carbocycles. The molecule has 0 aliphatic heterocycles. The van der Waals surface area contributed by atoms with Gasteiger partial charge >= 0.3 is 5.97 Å². The SMILES string of the molecule is COC(=O)C(C)c1c(Cl)cccc1Br. The minimum Gasteiger partial charge on any atom is -0.469 e. The van der Waals surface area contributed by atoms with Gasteiger partial charge in [0.25, 0.3) is 0 Å². The van der Waals surface area contributed by atoms with Crippen molar-refractivity contribution in [3.05, 3.63) is 33.3 Å². The molecule has 1 aromatic rings. The molecule has 0 saturated carbocycles. The minimum atomic E-state index is -0.358. The first-order chi connectivity index (χ1) is 6.57. The normalized spacial score (nSPS) is 12.3. The van der Waals surface area contributed by atoms with Crippen LogP contribution < -0.4 is 0 Å². The van der Waals surface area contributed by atoms with E-state index in [1.54, 1.807) is 13.0 Å². The van der Waals surface area contributed by atoms with Crippen molar-refractivity contribution in [3.63, 3.8) is 0 Å². The molecule has 0 spiro atoms. The van der Waals surface area contributed by atoms with Gasteiger partial charge in [0.15, 0.2) is 0 Å². The highest BCUT2D eigenvalue weighted by Gasteiger charge is 2.20. The zero-order chi connectivity index (χ0) is 10.7. The fourth-order valence-electron chi connectivity index (χ4n) is 1.22. The van der Waals surface area contributed by atoms with Gasteiger partial charge < -0.3 is 4.74 Å². The third kappa shape index (κ3) is 2.28. The first kappa shape index (κ1) is 11.5. The van der Waals surface area contributed by atoms with Crippen molar-refractivity contribution in [1.29, 1.82) is 0 Å². The maximum Gasteiger partial charge on any atom is 0.312 e. The summed E-state index contributed by atoms with van der Waals surface area (Å²) in [7, 11) is 1.36. The summed E-state index contributed by atoms with van der Waals surface area (Å²) in [4.78, 5) is 11.3. The van der Waals surface area contributed by atoms with Gasteiger partial charge in [-0.2, -0.15) is 0 Å². The Morgan fingerprint density at radius 3 is 2.71 bits per heavy atom. The molecule has 0 fully saturated rings. The Labute approximate surface area is 96.3 Å². The second-order valence-electron chi connectivity index (χ2n) is 2.88. The molecule has 4 heteroatoms. The molecule has 1 rings (SSSR count). The van der Waals surface area contributed by atoms with Gasteiger partial charge in [-0.05, 0) is 24.6 Å². The second kappa shape index (κ2) is 4.80. The number of rotatable bonds is 2. The number of methoxy groups -OCH3 is 1. The quantitative estimate of drug-likeness (QED) is 0.775. The Kier molecular flexibility index (Phi) is 3.96. The summed E-state index contributed by atoms with van der Waals surface area (Å²) < 4.78 is 5.48. The van der Waals surface area contributed by atoms with Gasteiger partial charge in [-0.25, -0.2) is 0 Å². The third-order valence-electron chi connectivity index (χ3n) is 1.99. The predicted molar refractivity (Wildman–Crippen MR) is 59.6 cm³/mol. The zero-order valence-electron chi connectivity index (χ0n) is 7.88. The highest BCUT2D eigenvalue weighted by Crippen LogP contribution is 2.32. The zero-order valence-corrected chi connectivity index (χ0v) is 10.2. The lowest BCUT2D eigenvalue weighted by Gasteiger charge is -2.12. The minimum absolute atomic E-state index is 0.293. The smallest absolute Gasteiger partial charge is 0.312 e. The number of halogens is 2. The van der Waals surface area contributed by atoms with Crippen LogP contribution in [0.15, 0.2) is 22.7 Å². The Morgan fingerprint density at radius 2 is 2.21 bits per heavy atom. The van der Waals surface area contributed by atoms with E-state index in [2.05, 4.69) is 20.7 Å². The molecule has 1 atom stereocenters. The van der Waals surface area contributed by atoms with Crippen LogP contribution in [0.25, 0.3) is 0 Å². The van der Waals surface area contributed by atoms with Gasteiger partial charge in [0, 0.05) is 9.50 Å². The second-order valence-corrected chi connectivity index (χ2v) is 4.14. The summed E-state index contributed by atoms with van der Waals surface area (Å²) in [6, 6.07) is 5.42. The van der Waals surface area contributed by atoms with Gasteiger partial charge in [-0.3, -0.25) is 4.79 Å². The van der Waals surface area contributed by atoms with Crippen LogP contribution >= 0.6 is 27.5 Å². The van der Waals surface area contributed by atoms with E-state index in [0.717, 1.165) is 10.0 Å². The number of hydrogen-bond donors (Lipinski definition) is 0. The average Bonchev–Trinajstić information content (AvgIpc) is 2.16. The van der Waals surface area contributed by atoms with E-state index >= 15 is 0 Å². The monoisotopic (exact) mass is 276 g/mol. The molecular formula is C10H10BrClO2. The first-order valence-electron chi connectivity index (χ1n) is 4.09. The van der Waals surface area contributed by atoms with E-state index in [1.165, 1.54) is 7.11 Å². The van der Waals surface area contributed by atoms with Crippen molar-refractivity contribution < 1.29 is 9.53 Å².